The predicted molar refractivity (Wildman–Crippen MR) is 43.2 cm³/mol. The van der Waals surface area contributed by atoms with Crippen LogP contribution in [0.4, 0.5) is 8.78 Å². The minimum absolute atomic E-state index is 0.144. The van der Waals surface area contributed by atoms with Crippen LogP contribution in [-0.4, -0.2) is 30.2 Å². The molecule has 80 valence electrons. The fourth-order valence-corrected chi connectivity index (χ4v) is 2.42. The largest absolute Gasteiger partial charge is 0.481 e. The fraction of sp³-hybridized carbons (Fsp3) is 0.889. The highest BCUT2D eigenvalue weighted by atomic mass is 19.3. The van der Waals surface area contributed by atoms with Crippen LogP contribution in [-0.2, 0) is 9.53 Å². The summed E-state index contributed by atoms with van der Waals surface area (Å²) in [6.45, 7) is 2.03. The first-order chi connectivity index (χ1) is 6.42. The highest BCUT2D eigenvalue weighted by Gasteiger charge is 2.85. The van der Waals surface area contributed by atoms with Crippen molar-refractivity contribution < 1.29 is 23.4 Å². The lowest BCUT2D eigenvalue weighted by Crippen LogP contribution is -2.54. The zero-order valence-corrected chi connectivity index (χ0v) is 7.85. The van der Waals surface area contributed by atoms with Crippen LogP contribution in [0.2, 0.25) is 0 Å². The van der Waals surface area contributed by atoms with Gasteiger partial charge >= 0.3 is 5.97 Å². The van der Waals surface area contributed by atoms with Crippen LogP contribution in [0.15, 0.2) is 0 Å². The number of carboxylic acids is 1. The molecule has 2 aliphatic rings. The number of carbonyl (C=O) groups is 1. The van der Waals surface area contributed by atoms with Gasteiger partial charge < -0.3 is 9.84 Å². The Bertz CT molecular complexity index is 280. The van der Waals surface area contributed by atoms with Gasteiger partial charge in [0.2, 0.25) is 0 Å². The lowest BCUT2D eigenvalue weighted by molar-refractivity contribution is -0.198. The summed E-state index contributed by atoms with van der Waals surface area (Å²) >= 11 is 0. The number of aliphatic carboxylic acids is 1. The van der Waals surface area contributed by atoms with Crippen molar-refractivity contribution in [2.75, 3.05) is 13.2 Å². The zero-order valence-electron chi connectivity index (χ0n) is 7.85. The summed E-state index contributed by atoms with van der Waals surface area (Å²) in [4.78, 5) is 11.0. The third-order valence-electron chi connectivity index (χ3n) is 3.69. The van der Waals surface area contributed by atoms with Crippen LogP contribution in [0.3, 0.4) is 0 Å². The van der Waals surface area contributed by atoms with E-state index in [9.17, 15) is 13.6 Å². The smallest absolute Gasteiger partial charge is 0.316 e. The normalized spacial score (nSPS) is 37.4. The van der Waals surface area contributed by atoms with E-state index in [4.69, 9.17) is 9.84 Å². The van der Waals surface area contributed by atoms with Gasteiger partial charge in [0.05, 0.1) is 13.2 Å². The monoisotopic (exact) mass is 206 g/mol. The van der Waals surface area contributed by atoms with Gasteiger partial charge in [-0.15, -0.1) is 0 Å². The average molecular weight is 206 g/mol. The summed E-state index contributed by atoms with van der Waals surface area (Å²) in [7, 11) is 0. The number of ether oxygens (including phenoxy) is 1. The molecule has 3 nitrogen and oxygen atoms in total. The third kappa shape index (κ3) is 0.815. The van der Waals surface area contributed by atoms with Gasteiger partial charge in [0.15, 0.2) is 0 Å². The van der Waals surface area contributed by atoms with Gasteiger partial charge in [-0.25, -0.2) is 8.78 Å². The second-order valence-corrected chi connectivity index (χ2v) is 4.22. The molecule has 5 heteroatoms. The molecular weight excluding hydrogens is 194 g/mol. The van der Waals surface area contributed by atoms with Gasteiger partial charge in [-0.3, -0.25) is 4.79 Å². The second kappa shape index (κ2) is 2.45. The van der Waals surface area contributed by atoms with Crippen molar-refractivity contribution >= 4 is 5.97 Å². The number of alkyl halides is 2. The average Bonchev–Trinajstić information content (AvgIpc) is 2.55. The second-order valence-electron chi connectivity index (χ2n) is 4.22. The lowest BCUT2D eigenvalue weighted by Gasteiger charge is -2.45. The quantitative estimate of drug-likeness (QED) is 0.761. The predicted octanol–water partition coefficient (Wildman–Crippen LogP) is 1.52. The van der Waals surface area contributed by atoms with Gasteiger partial charge in [-0.1, -0.05) is 6.92 Å². The molecule has 1 aliphatic carbocycles. The molecule has 1 unspecified atom stereocenters. The van der Waals surface area contributed by atoms with Gasteiger partial charge in [0.25, 0.3) is 5.92 Å². The molecule has 1 aliphatic heterocycles. The molecule has 1 saturated heterocycles. The molecule has 14 heavy (non-hydrogen) atoms. The molecule has 0 radical (unpaired) electrons. The molecule has 1 atom stereocenters. The first-order valence-corrected chi connectivity index (χ1v) is 4.61. The molecule has 0 spiro atoms. The summed E-state index contributed by atoms with van der Waals surface area (Å²) < 4.78 is 31.2. The van der Waals surface area contributed by atoms with Gasteiger partial charge in [-0.2, -0.15) is 0 Å². The Morgan fingerprint density at radius 3 is 2.07 bits per heavy atom. The van der Waals surface area contributed by atoms with Gasteiger partial charge in [0, 0.05) is 11.8 Å². The number of halogens is 2. The highest BCUT2D eigenvalue weighted by molar-refractivity contribution is 5.82. The fourth-order valence-electron chi connectivity index (χ4n) is 2.42. The maximum atomic E-state index is 13.2. The maximum absolute atomic E-state index is 13.2. The first-order valence-electron chi connectivity index (χ1n) is 4.61. The van der Waals surface area contributed by atoms with Crippen molar-refractivity contribution in [1.82, 2.24) is 0 Å². The molecule has 0 aromatic heterocycles. The Balaban J connectivity index is 2.34. The van der Waals surface area contributed by atoms with Crippen LogP contribution in [0.25, 0.3) is 0 Å². The van der Waals surface area contributed by atoms with E-state index < -0.39 is 29.1 Å². The van der Waals surface area contributed by atoms with Crippen molar-refractivity contribution in [3.8, 4) is 0 Å². The molecule has 1 heterocycles. The number of carboxylic acid groups (broad SMARTS) is 1. The number of hydrogen-bond acceptors (Lipinski definition) is 2. The molecule has 2 fully saturated rings. The van der Waals surface area contributed by atoms with Crippen molar-refractivity contribution in [3.05, 3.63) is 0 Å². The Kier molecular flexibility index (Phi) is 1.72. The molecule has 0 bridgehead atoms. The van der Waals surface area contributed by atoms with E-state index in [1.54, 1.807) is 6.92 Å². The topological polar surface area (TPSA) is 46.5 Å². The minimum atomic E-state index is -3.06. The van der Waals surface area contributed by atoms with Crippen LogP contribution >= 0.6 is 0 Å². The molecule has 1 saturated carbocycles. The van der Waals surface area contributed by atoms with E-state index in [1.165, 1.54) is 0 Å². The van der Waals surface area contributed by atoms with Crippen molar-refractivity contribution in [1.29, 1.82) is 0 Å². The Hall–Kier alpha value is -0.710. The lowest BCUT2D eigenvalue weighted by atomic mass is 9.68. The Morgan fingerprint density at radius 1 is 1.50 bits per heavy atom. The van der Waals surface area contributed by atoms with Gasteiger partial charge in [-0.05, 0) is 6.42 Å². The zero-order chi connectivity index (χ0) is 10.6. The SMILES string of the molecule is CCC1(C2(C(=O)O)CC2(F)F)COC1. The summed E-state index contributed by atoms with van der Waals surface area (Å²) in [5.41, 5.74) is -2.70. The maximum Gasteiger partial charge on any atom is 0.316 e. The first kappa shape index (κ1) is 9.83. The van der Waals surface area contributed by atoms with E-state index in [1.807, 2.05) is 0 Å². The van der Waals surface area contributed by atoms with E-state index in [2.05, 4.69) is 0 Å². The summed E-state index contributed by atoms with van der Waals surface area (Å²) in [5.74, 6) is -4.44. The third-order valence-corrected chi connectivity index (χ3v) is 3.69. The van der Waals surface area contributed by atoms with Crippen molar-refractivity contribution in [2.24, 2.45) is 10.8 Å². The van der Waals surface area contributed by atoms with Crippen LogP contribution < -0.4 is 0 Å². The minimum Gasteiger partial charge on any atom is -0.481 e. The number of rotatable bonds is 3. The van der Waals surface area contributed by atoms with E-state index in [-0.39, 0.29) is 13.2 Å². The van der Waals surface area contributed by atoms with Gasteiger partial charge in [0.1, 0.15) is 5.41 Å². The molecule has 0 aromatic rings. The number of hydrogen-bond donors (Lipinski definition) is 1. The van der Waals surface area contributed by atoms with Crippen LogP contribution in [0.1, 0.15) is 19.8 Å². The van der Waals surface area contributed by atoms with E-state index in [0.29, 0.717) is 6.42 Å². The molecule has 1 N–H and O–H groups in total. The van der Waals surface area contributed by atoms with Crippen molar-refractivity contribution in [3.63, 3.8) is 0 Å². The summed E-state index contributed by atoms with van der Waals surface area (Å²) in [6, 6.07) is 0. The summed E-state index contributed by atoms with van der Waals surface area (Å²) in [5, 5.41) is 8.94. The Labute approximate surface area is 80.0 Å². The molecule has 0 amide bonds. The van der Waals surface area contributed by atoms with Crippen LogP contribution in [0.5, 0.6) is 0 Å². The highest BCUT2D eigenvalue weighted by Crippen LogP contribution is 2.72. The summed E-state index contributed by atoms with van der Waals surface area (Å²) in [6.07, 6.45) is -0.110. The van der Waals surface area contributed by atoms with Crippen LogP contribution in [0, 0.1) is 10.8 Å². The molecular formula is C9H12F2O3. The van der Waals surface area contributed by atoms with E-state index in [0.717, 1.165) is 0 Å². The standard InChI is InChI=1S/C9H12F2O3/c1-2-7(4-14-5-7)8(6(12)13)3-9(8,10)11/h2-5H2,1H3,(H,12,13). The molecule has 2 rings (SSSR count). The molecule has 0 aromatic carbocycles. The Morgan fingerprint density at radius 2 is 2.00 bits per heavy atom. The van der Waals surface area contributed by atoms with Crippen molar-refractivity contribution in [2.45, 2.75) is 25.7 Å². The van der Waals surface area contributed by atoms with E-state index >= 15 is 0 Å².